The molecule has 0 aliphatic carbocycles. The standard InChI is InChI=1S/C29H34F3N3O9/c1-27(2)42-24-23(35-20-10-6-9-19(34-20)29(30,31)32)26-41-17-28(44-26,25(24)43-27)16-33-21(36)14-38-11-12-39-15-22(37)40-13-18-7-4-3-5-8-18/h3-10,23-26H,11-17H2,1-2H3,(H,33,36)(H,34,35)/t23-,24-,25-,26+,28+/m1/s1. The summed E-state index contributed by atoms with van der Waals surface area (Å²) >= 11 is 0. The Bertz CT molecular complexity index is 1300. The van der Waals surface area contributed by atoms with E-state index in [1.54, 1.807) is 13.8 Å². The van der Waals surface area contributed by atoms with Crippen molar-refractivity contribution in [3.05, 3.63) is 59.8 Å². The number of benzene rings is 1. The highest BCUT2D eigenvalue weighted by Crippen LogP contribution is 2.46. The second-order valence-electron chi connectivity index (χ2n) is 11.0. The highest BCUT2D eigenvalue weighted by atomic mass is 19.4. The van der Waals surface area contributed by atoms with E-state index in [0.717, 1.165) is 11.6 Å². The van der Waals surface area contributed by atoms with Gasteiger partial charge in [-0.05, 0) is 31.5 Å². The maximum atomic E-state index is 13.2. The molecule has 0 unspecified atom stereocenters. The fourth-order valence-electron chi connectivity index (χ4n) is 5.17. The SMILES string of the molecule is CC1(C)O[C@@H]2[C@@H](Nc3cccc(C(F)(F)F)n3)[C@H]3OC[C@](CNC(=O)COCCOCC(=O)OCc4ccccc4)(O3)[C@@H]2O1. The molecule has 5 atom stereocenters. The summed E-state index contributed by atoms with van der Waals surface area (Å²) in [7, 11) is 0. The number of carbonyl (C=O) groups is 2. The molecular formula is C29H34F3N3O9. The molecule has 3 saturated heterocycles. The first kappa shape index (κ1) is 32.1. The second kappa shape index (κ2) is 13.3. The van der Waals surface area contributed by atoms with Gasteiger partial charge in [0.25, 0.3) is 0 Å². The van der Waals surface area contributed by atoms with Gasteiger partial charge in [0.2, 0.25) is 5.91 Å². The normalized spacial score (nSPS) is 27.0. The van der Waals surface area contributed by atoms with E-state index < -0.39 is 59.7 Å². The van der Waals surface area contributed by atoms with Crippen LogP contribution in [0.1, 0.15) is 25.1 Å². The first-order valence-corrected chi connectivity index (χ1v) is 14.0. The maximum absolute atomic E-state index is 13.2. The Morgan fingerprint density at radius 2 is 1.75 bits per heavy atom. The molecule has 0 radical (unpaired) electrons. The van der Waals surface area contributed by atoms with Gasteiger partial charge >= 0.3 is 12.1 Å². The van der Waals surface area contributed by atoms with Crippen LogP contribution in [0.2, 0.25) is 0 Å². The van der Waals surface area contributed by atoms with E-state index >= 15 is 0 Å². The first-order valence-electron chi connectivity index (χ1n) is 14.0. The van der Waals surface area contributed by atoms with Crippen LogP contribution in [0.5, 0.6) is 0 Å². The number of hydrogen-bond donors (Lipinski definition) is 2. The molecule has 2 bridgehead atoms. The molecule has 44 heavy (non-hydrogen) atoms. The van der Waals surface area contributed by atoms with Crippen LogP contribution in [0.4, 0.5) is 19.0 Å². The lowest BCUT2D eigenvalue weighted by Gasteiger charge is -2.42. The number of pyridine rings is 1. The lowest BCUT2D eigenvalue weighted by atomic mass is 9.87. The van der Waals surface area contributed by atoms with Gasteiger partial charge in [-0.3, -0.25) is 4.79 Å². The van der Waals surface area contributed by atoms with Gasteiger partial charge in [-0.25, -0.2) is 9.78 Å². The monoisotopic (exact) mass is 625 g/mol. The number of hydrogen-bond acceptors (Lipinski definition) is 11. The van der Waals surface area contributed by atoms with Crippen molar-refractivity contribution in [1.29, 1.82) is 0 Å². The van der Waals surface area contributed by atoms with Crippen molar-refractivity contribution in [1.82, 2.24) is 10.3 Å². The number of fused-ring (bicyclic) bond motifs is 4. The van der Waals surface area contributed by atoms with Crippen molar-refractivity contribution in [2.75, 3.05) is 44.9 Å². The number of rotatable bonds is 13. The smallest absolute Gasteiger partial charge is 0.433 e. The molecule has 2 aromatic rings. The average Bonchev–Trinajstić information content (AvgIpc) is 3.55. The van der Waals surface area contributed by atoms with Gasteiger partial charge < -0.3 is 43.8 Å². The number of ether oxygens (including phenoxy) is 7. The molecule has 5 rings (SSSR count). The van der Waals surface area contributed by atoms with Gasteiger partial charge in [0.15, 0.2) is 12.1 Å². The molecule has 0 spiro atoms. The highest BCUT2D eigenvalue weighted by Gasteiger charge is 2.65. The van der Waals surface area contributed by atoms with Crippen molar-refractivity contribution in [2.45, 2.75) is 62.6 Å². The summed E-state index contributed by atoms with van der Waals surface area (Å²) in [5.41, 5.74) is -1.29. The Hall–Kier alpha value is -3.34. The third kappa shape index (κ3) is 7.83. The number of alkyl halides is 3. The predicted molar refractivity (Wildman–Crippen MR) is 145 cm³/mol. The van der Waals surface area contributed by atoms with E-state index in [-0.39, 0.29) is 52.0 Å². The minimum absolute atomic E-state index is 0.00455. The van der Waals surface area contributed by atoms with Crippen LogP contribution in [0.15, 0.2) is 48.5 Å². The molecule has 1 amide bonds. The summed E-state index contributed by atoms with van der Waals surface area (Å²) in [6.07, 6.45) is -6.93. The number of amides is 1. The largest absolute Gasteiger partial charge is 0.459 e. The zero-order valence-corrected chi connectivity index (χ0v) is 24.1. The lowest BCUT2D eigenvalue weighted by Crippen LogP contribution is -2.65. The van der Waals surface area contributed by atoms with Crippen molar-refractivity contribution >= 4 is 17.7 Å². The van der Waals surface area contributed by atoms with Gasteiger partial charge in [0.1, 0.15) is 55.2 Å². The van der Waals surface area contributed by atoms with Crippen LogP contribution in [0, 0.1) is 0 Å². The molecule has 240 valence electrons. The molecule has 0 saturated carbocycles. The topological polar surface area (TPSA) is 136 Å². The van der Waals surface area contributed by atoms with E-state index in [4.69, 9.17) is 33.2 Å². The van der Waals surface area contributed by atoms with Crippen molar-refractivity contribution in [3.63, 3.8) is 0 Å². The third-order valence-corrected chi connectivity index (χ3v) is 7.14. The quantitative estimate of drug-likeness (QED) is 0.251. The number of nitrogens with one attached hydrogen (secondary N) is 2. The number of nitrogens with zero attached hydrogens (tertiary/aromatic N) is 1. The molecule has 2 N–H and O–H groups in total. The van der Waals surface area contributed by atoms with E-state index in [1.807, 2.05) is 30.3 Å². The Morgan fingerprint density at radius 1 is 1.00 bits per heavy atom. The number of aromatic nitrogens is 1. The van der Waals surface area contributed by atoms with Gasteiger partial charge in [-0.2, -0.15) is 13.2 Å². The molecule has 1 aromatic carbocycles. The van der Waals surface area contributed by atoms with E-state index in [9.17, 15) is 22.8 Å². The molecule has 3 aliphatic rings. The van der Waals surface area contributed by atoms with Crippen LogP contribution in [0.3, 0.4) is 0 Å². The van der Waals surface area contributed by atoms with Gasteiger partial charge in [0.05, 0.1) is 26.4 Å². The Labute approximate surface area is 251 Å². The Balaban J connectivity index is 1.07. The zero-order chi connectivity index (χ0) is 31.4. The number of halogens is 3. The number of esters is 1. The summed E-state index contributed by atoms with van der Waals surface area (Å²) in [6, 6.07) is 12.0. The molecule has 12 nitrogen and oxygen atoms in total. The Kier molecular flexibility index (Phi) is 9.72. The molecular weight excluding hydrogens is 591 g/mol. The fourth-order valence-corrected chi connectivity index (χ4v) is 5.17. The van der Waals surface area contributed by atoms with Crippen molar-refractivity contribution < 1.29 is 55.9 Å². The minimum atomic E-state index is -4.61. The summed E-state index contributed by atoms with van der Waals surface area (Å²) < 4.78 is 79.6. The van der Waals surface area contributed by atoms with Crippen LogP contribution in [-0.2, 0) is 55.5 Å². The summed E-state index contributed by atoms with van der Waals surface area (Å²) in [4.78, 5) is 28.0. The molecule has 4 heterocycles. The van der Waals surface area contributed by atoms with E-state index in [0.29, 0.717) is 0 Å². The second-order valence-corrected chi connectivity index (χ2v) is 11.0. The van der Waals surface area contributed by atoms with Crippen molar-refractivity contribution in [2.24, 2.45) is 0 Å². The van der Waals surface area contributed by atoms with E-state index in [2.05, 4.69) is 15.6 Å². The van der Waals surface area contributed by atoms with Gasteiger partial charge in [-0.1, -0.05) is 36.4 Å². The van der Waals surface area contributed by atoms with Crippen LogP contribution in [-0.4, -0.2) is 92.4 Å². The maximum Gasteiger partial charge on any atom is 0.433 e. The highest BCUT2D eigenvalue weighted by molar-refractivity contribution is 5.77. The third-order valence-electron chi connectivity index (χ3n) is 7.14. The molecule has 3 fully saturated rings. The van der Waals surface area contributed by atoms with Crippen LogP contribution < -0.4 is 10.6 Å². The average molecular weight is 626 g/mol. The Morgan fingerprint density at radius 3 is 2.50 bits per heavy atom. The summed E-state index contributed by atoms with van der Waals surface area (Å²) in [5, 5.41) is 5.73. The van der Waals surface area contributed by atoms with Gasteiger partial charge in [-0.15, -0.1) is 0 Å². The lowest BCUT2D eigenvalue weighted by molar-refractivity contribution is -0.188. The molecule has 15 heteroatoms. The van der Waals surface area contributed by atoms with Gasteiger partial charge in [0, 0.05) is 0 Å². The van der Waals surface area contributed by atoms with Crippen LogP contribution in [0.25, 0.3) is 0 Å². The summed E-state index contributed by atoms with van der Waals surface area (Å²) in [5.74, 6) is -2.00. The fraction of sp³-hybridized carbons (Fsp3) is 0.552. The van der Waals surface area contributed by atoms with Crippen molar-refractivity contribution in [3.8, 4) is 0 Å². The summed E-state index contributed by atoms with van der Waals surface area (Å²) in [6.45, 7) is 3.25. The predicted octanol–water partition coefficient (Wildman–Crippen LogP) is 2.42. The minimum Gasteiger partial charge on any atom is -0.459 e. The number of anilines is 1. The molecule has 3 aliphatic heterocycles. The van der Waals surface area contributed by atoms with Crippen LogP contribution >= 0.6 is 0 Å². The number of carbonyl (C=O) groups excluding carboxylic acids is 2. The molecule has 1 aromatic heterocycles. The van der Waals surface area contributed by atoms with E-state index in [1.165, 1.54) is 12.1 Å². The first-order chi connectivity index (χ1) is 20.9. The zero-order valence-electron chi connectivity index (χ0n) is 24.1.